The van der Waals surface area contributed by atoms with Gasteiger partial charge in [-0.1, -0.05) is 65.8 Å². The number of aromatic nitrogens is 1. The number of rotatable bonds is 9. The van der Waals surface area contributed by atoms with Gasteiger partial charge in [-0.2, -0.15) is 0 Å². The molecule has 53 heavy (non-hydrogen) atoms. The molecule has 276 valence electrons. The average Bonchev–Trinajstić information content (AvgIpc) is 3.78. The van der Waals surface area contributed by atoms with Crippen LogP contribution in [0.4, 0.5) is 14.5 Å². The van der Waals surface area contributed by atoms with E-state index in [-0.39, 0.29) is 29.6 Å². The van der Waals surface area contributed by atoms with Crippen molar-refractivity contribution < 1.29 is 33.1 Å². The van der Waals surface area contributed by atoms with Gasteiger partial charge in [0.05, 0.1) is 17.6 Å². The number of nitrogens with zero attached hydrogens (tertiary/aromatic N) is 2. The molecular formula is C42H44F2N4O5. The standard InChI is InChI=1S/C22H21N.C20H23F2N3O5/c1-15-13-20-19-10-6-5-9-17(19)14-21(20)22(23)18(15)12-11-16-7-3-2-4-8-16;1-10(11(2)26)25-6-5-16(14(9-25)20(28)29)23-19(27)17-8-18(30-24-17)13-4-3-12(21)7-15(13)22/h2-10,13H,11-12,14,23H2,1H3;3-4,7-8,10-11,14,16,26H,5-6,9H2,1-2H3,(H,23,27)(H,28,29)/t;10-,11+,14+,16+/m.0/s1. The Kier molecular flexibility index (Phi) is 11.4. The van der Waals surface area contributed by atoms with Gasteiger partial charge >= 0.3 is 5.97 Å². The Labute approximate surface area is 307 Å². The molecule has 9 nitrogen and oxygen atoms in total. The van der Waals surface area contributed by atoms with Crippen molar-refractivity contribution in [1.29, 1.82) is 0 Å². The number of likely N-dealkylation sites (tertiary alicyclic amines) is 1. The van der Waals surface area contributed by atoms with Crippen molar-refractivity contribution in [3.05, 3.63) is 130 Å². The largest absolute Gasteiger partial charge is 0.481 e. The van der Waals surface area contributed by atoms with Gasteiger partial charge in [0.2, 0.25) is 0 Å². The second kappa shape index (κ2) is 16.1. The molecule has 1 aliphatic heterocycles. The van der Waals surface area contributed by atoms with E-state index in [1.54, 1.807) is 6.92 Å². The van der Waals surface area contributed by atoms with Crippen LogP contribution in [0.15, 0.2) is 89.5 Å². The molecule has 0 bridgehead atoms. The van der Waals surface area contributed by atoms with Crippen LogP contribution in [-0.2, 0) is 24.1 Å². The Balaban J connectivity index is 0.000000187. The fraction of sp³-hybridized carbons (Fsp3) is 0.310. The Bertz CT molecular complexity index is 2100. The number of anilines is 1. The number of nitrogen functional groups attached to an aromatic ring is 1. The molecule has 1 saturated heterocycles. The lowest BCUT2D eigenvalue weighted by Crippen LogP contribution is -2.56. The summed E-state index contributed by atoms with van der Waals surface area (Å²) < 4.78 is 32.0. The fourth-order valence-electron chi connectivity index (χ4n) is 7.25. The van der Waals surface area contributed by atoms with Gasteiger partial charge in [-0.3, -0.25) is 14.5 Å². The number of amides is 1. The summed E-state index contributed by atoms with van der Waals surface area (Å²) in [7, 11) is 0. The van der Waals surface area contributed by atoms with E-state index in [0.717, 1.165) is 31.0 Å². The van der Waals surface area contributed by atoms with Gasteiger partial charge in [-0.15, -0.1) is 0 Å². The molecule has 2 aliphatic rings. The van der Waals surface area contributed by atoms with Crippen molar-refractivity contribution in [3.63, 3.8) is 0 Å². The van der Waals surface area contributed by atoms with Crippen LogP contribution in [0.25, 0.3) is 22.5 Å². The molecule has 1 aliphatic carbocycles. The smallest absolute Gasteiger partial charge is 0.309 e. The SMILES string of the molecule is C[C@@H](O)[C@H](C)N1CC[C@@H](NC(=O)c2cc(-c3ccc(F)cc3F)on2)[C@H](C(=O)O)C1.Cc1cc2c(c(N)c1CCc1ccccc1)Cc1ccccc1-2. The number of carbonyl (C=O) groups excluding carboxylic acids is 1. The second-order valence-electron chi connectivity index (χ2n) is 13.9. The molecule has 0 unspecified atom stereocenters. The van der Waals surface area contributed by atoms with Crippen molar-refractivity contribution in [2.24, 2.45) is 5.92 Å². The summed E-state index contributed by atoms with van der Waals surface area (Å²) in [5, 5.41) is 25.6. The zero-order valence-corrected chi connectivity index (χ0v) is 30.0. The molecule has 4 atom stereocenters. The van der Waals surface area contributed by atoms with Gasteiger partial charge in [-0.05, 0) is 91.1 Å². The summed E-state index contributed by atoms with van der Waals surface area (Å²) in [4.78, 5) is 26.2. The van der Waals surface area contributed by atoms with E-state index >= 15 is 0 Å². The minimum absolute atomic E-state index is 0.0481. The summed E-state index contributed by atoms with van der Waals surface area (Å²) in [6, 6.07) is 24.9. The number of halogens is 2. The molecule has 5 aromatic rings. The highest BCUT2D eigenvalue weighted by Crippen LogP contribution is 2.42. The van der Waals surface area contributed by atoms with Crippen LogP contribution in [0.3, 0.4) is 0 Å². The van der Waals surface area contributed by atoms with Gasteiger partial charge in [0, 0.05) is 49.4 Å². The molecule has 2 heterocycles. The zero-order chi connectivity index (χ0) is 37.8. The third kappa shape index (κ3) is 8.32. The first-order valence-corrected chi connectivity index (χ1v) is 17.8. The topological polar surface area (TPSA) is 142 Å². The number of aryl methyl sites for hydroxylation is 2. The zero-order valence-electron chi connectivity index (χ0n) is 30.0. The monoisotopic (exact) mass is 722 g/mol. The summed E-state index contributed by atoms with van der Waals surface area (Å²) in [6.07, 6.45) is 2.77. The Morgan fingerprint density at radius 2 is 1.72 bits per heavy atom. The van der Waals surface area contributed by atoms with Crippen LogP contribution in [0, 0.1) is 24.5 Å². The van der Waals surface area contributed by atoms with Crippen molar-refractivity contribution in [1.82, 2.24) is 15.4 Å². The van der Waals surface area contributed by atoms with Gasteiger partial charge in [0.15, 0.2) is 11.5 Å². The number of fused-ring (bicyclic) bond motifs is 3. The van der Waals surface area contributed by atoms with E-state index in [9.17, 15) is 28.6 Å². The van der Waals surface area contributed by atoms with Gasteiger partial charge in [0.25, 0.3) is 5.91 Å². The third-order valence-corrected chi connectivity index (χ3v) is 10.5. The van der Waals surface area contributed by atoms with E-state index in [4.69, 9.17) is 10.3 Å². The molecule has 1 fully saturated rings. The molecule has 0 radical (unpaired) electrons. The van der Waals surface area contributed by atoms with Crippen LogP contribution in [0.5, 0.6) is 0 Å². The molecule has 4 aromatic carbocycles. The maximum absolute atomic E-state index is 13.9. The van der Waals surface area contributed by atoms with E-state index in [1.807, 2.05) is 11.8 Å². The number of aliphatic hydroxyl groups is 1. The van der Waals surface area contributed by atoms with E-state index in [0.29, 0.717) is 19.0 Å². The van der Waals surface area contributed by atoms with Crippen LogP contribution in [-0.4, -0.2) is 63.4 Å². The van der Waals surface area contributed by atoms with Crippen LogP contribution in [0.1, 0.15) is 58.6 Å². The number of hydrogen-bond donors (Lipinski definition) is 4. The third-order valence-electron chi connectivity index (χ3n) is 10.5. The summed E-state index contributed by atoms with van der Waals surface area (Å²) >= 11 is 0. The fourth-order valence-corrected chi connectivity index (χ4v) is 7.25. The number of carboxylic acid groups (broad SMARTS) is 1. The van der Waals surface area contributed by atoms with E-state index < -0.39 is 41.6 Å². The van der Waals surface area contributed by atoms with Gasteiger partial charge in [0.1, 0.15) is 11.6 Å². The Hall–Kier alpha value is -5.39. The molecule has 7 rings (SSSR count). The lowest BCUT2D eigenvalue weighted by atomic mass is 9.90. The lowest BCUT2D eigenvalue weighted by molar-refractivity contribution is -0.145. The van der Waals surface area contributed by atoms with Crippen molar-refractivity contribution in [3.8, 4) is 22.5 Å². The predicted molar refractivity (Wildman–Crippen MR) is 199 cm³/mol. The van der Waals surface area contributed by atoms with E-state index in [2.05, 4.69) is 78.1 Å². The second-order valence-corrected chi connectivity index (χ2v) is 13.9. The highest BCUT2D eigenvalue weighted by molar-refractivity contribution is 5.93. The number of nitrogens with two attached hydrogens (primary N) is 1. The van der Waals surface area contributed by atoms with Crippen LogP contribution < -0.4 is 11.1 Å². The Morgan fingerprint density at radius 3 is 2.43 bits per heavy atom. The lowest BCUT2D eigenvalue weighted by Gasteiger charge is -2.40. The normalized spacial score (nSPS) is 17.5. The molecule has 5 N–H and O–H groups in total. The summed E-state index contributed by atoms with van der Waals surface area (Å²) in [5.41, 5.74) is 16.8. The van der Waals surface area contributed by atoms with Crippen molar-refractivity contribution in [2.45, 2.75) is 64.6 Å². The molecule has 1 aromatic heterocycles. The molecule has 1 amide bonds. The Morgan fingerprint density at radius 1 is 0.981 bits per heavy atom. The van der Waals surface area contributed by atoms with Crippen LogP contribution >= 0.6 is 0 Å². The summed E-state index contributed by atoms with van der Waals surface area (Å²) in [5.74, 6) is -4.23. The number of benzene rings is 4. The first-order chi connectivity index (χ1) is 25.4. The number of aliphatic hydroxyl groups excluding tert-OH is 1. The molecule has 0 spiro atoms. The number of hydrogen-bond acceptors (Lipinski definition) is 7. The van der Waals surface area contributed by atoms with Gasteiger partial charge in [-0.25, -0.2) is 8.78 Å². The maximum atomic E-state index is 13.9. The highest BCUT2D eigenvalue weighted by Gasteiger charge is 2.38. The number of aliphatic carboxylic acids is 1. The summed E-state index contributed by atoms with van der Waals surface area (Å²) in [6.45, 7) is 6.33. The quantitative estimate of drug-likeness (QED) is 0.119. The molecule has 11 heteroatoms. The minimum Gasteiger partial charge on any atom is -0.481 e. The van der Waals surface area contributed by atoms with Crippen LogP contribution in [0.2, 0.25) is 0 Å². The first kappa shape index (κ1) is 37.4. The van der Waals surface area contributed by atoms with Crippen molar-refractivity contribution in [2.75, 3.05) is 18.8 Å². The highest BCUT2D eigenvalue weighted by atomic mass is 19.1. The van der Waals surface area contributed by atoms with Crippen molar-refractivity contribution >= 4 is 17.6 Å². The molecular weight excluding hydrogens is 678 g/mol. The van der Waals surface area contributed by atoms with Gasteiger partial charge < -0.3 is 25.8 Å². The maximum Gasteiger partial charge on any atom is 0.309 e. The number of carbonyl (C=O) groups is 2. The van der Waals surface area contributed by atoms with E-state index in [1.165, 1.54) is 51.1 Å². The predicted octanol–water partition coefficient (Wildman–Crippen LogP) is 6.83. The minimum atomic E-state index is -1.06. The molecule has 0 saturated carbocycles. The first-order valence-electron chi connectivity index (χ1n) is 17.8. The average molecular weight is 723 g/mol. The number of nitrogens with one attached hydrogen (secondary N) is 1. The number of piperidine rings is 1. The number of carboxylic acids is 1.